The van der Waals surface area contributed by atoms with Crippen LogP contribution in [0.4, 0.5) is 5.82 Å². The lowest BCUT2D eigenvalue weighted by atomic mass is 9.93. The fourth-order valence-corrected chi connectivity index (χ4v) is 3.74. The van der Waals surface area contributed by atoms with E-state index in [0.717, 1.165) is 16.7 Å². The molecule has 0 bridgehead atoms. The van der Waals surface area contributed by atoms with E-state index in [4.69, 9.17) is 11.6 Å². The molecule has 1 aromatic heterocycles. The van der Waals surface area contributed by atoms with Gasteiger partial charge in [0.1, 0.15) is 5.82 Å². The summed E-state index contributed by atoms with van der Waals surface area (Å²) < 4.78 is 1.72. The van der Waals surface area contributed by atoms with Crippen LogP contribution in [-0.4, -0.2) is 26.5 Å². The zero-order valence-corrected chi connectivity index (χ0v) is 17.2. The quantitative estimate of drug-likeness (QED) is 0.661. The van der Waals surface area contributed by atoms with Gasteiger partial charge in [-0.15, -0.1) is 0 Å². The van der Waals surface area contributed by atoms with Crippen molar-refractivity contribution in [1.82, 2.24) is 14.7 Å². The Balaban J connectivity index is 1.50. The number of hydrogen-bond acceptors (Lipinski definition) is 3. The van der Waals surface area contributed by atoms with Gasteiger partial charge in [-0.3, -0.25) is 9.59 Å². The van der Waals surface area contributed by atoms with Crippen molar-refractivity contribution in [1.29, 1.82) is 0 Å². The van der Waals surface area contributed by atoms with E-state index >= 15 is 0 Å². The maximum atomic E-state index is 12.9. The highest BCUT2D eigenvalue weighted by molar-refractivity contribution is 6.30. The SMILES string of the molecule is CC(=O)N1C=Cc2ccccc2C1CC(=O)Nc1ccnn1Cc1ccc(Cl)cc1. The van der Waals surface area contributed by atoms with Crippen LogP contribution < -0.4 is 5.32 Å². The number of carbonyl (C=O) groups is 2. The predicted molar refractivity (Wildman–Crippen MR) is 117 cm³/mol. The first-order chi connectivity index (χ1) is 14.5. The molecule has 1 N–H and O–H groups in total. The van der Waals surface area contributed by atoms with Gasteiger partial charge in [-0.25, -0.2) is 4.68 Å². The van der Waals surface area contributed by atoms with E-state index in [1.807, 2.05) is 54.6 Å². The van der Waals surface area contributed by atoms with Crippen LogP contribution in [0, 0.1) is 0 Å². The van der Waals surface area contributed by atoms with Gasteiger partial charge in [0.25, 0.3) is 0 Å². The van der Waals surface area contributed by atoms with Crippen molar-refractivity contribution in [3.63, 3.8) is 0 Å². The summed E-state index contributed by atoms with van der Waals surface area (Å²) in [6.45, 7) is 2.01. The normalized spacial score (nSPS) is 15.0. The zero-order chi connectivity index (χ0) is 21.1. The smallest absolute Gasteiger partial charge is 0.227 e. The average molecular weight is 421 g/mol. The number of fused-ring (bicyclic) bond motifs is 1. The van der Waals surface area contributed by atoms with Crippen LogP contribution in [0.25, 0.3) is 6.08 Å². The molecule has 30 heavy (non-hydrogen) atoms. The van der Waals surface area contributed by atoms with Gasteiger partial charge < -0.3 is 10.2 Å². The monoisotopic (exact) mass is 420 g/mol. The first kappa shape index (κ1) is 19.9. The van der Waals surface area contributed by atoms with Gasteiger partial charge in [0.05, 0.1) is 25.2 Å². The Morgan fingerprint density at radius 1 is 1.10 bits per heavy atom. The number of nitrogens with one attached hydrogen (secondary N) is 1. The topological polar surface area (TPSA) is 67.2 Å². The highest BCUT2D eigenvalue weighted by Gasteiger charge is 2.28. The molecular formula is C23H21ClN4O2. The highest BCUT2D eigenvalue weighted by atomic mass is 35.5. The zero-order valence-electron chi connectivity index (χ0n) is 16.5. The van der Waals surface area contributed by atoms with Crippen LogP contribution in [-0.2, 0) is 16.1 Å². The van der Waals surface area contributed by atoms with Crippen molar-refractivity contribution >= 4 is 35.3 Å². The number of anilines is 1. The second-order valence-electron chi connectivity index (χ2n) is 7.14. The van der Waals surface area contributed by atoms with Crippen molar-refractivity contribution in [2.75, 3.05) is 5.32 Å². The number of aromatic nitrogens is 2. The summed E-state index contributed by atoms with van der Waals surface area (Å²) in [7, 11) is 0. The molecule has 2 amide bonds. The standard InChI is InChI=1S/C23H21ClN4O2/c1-16(29)27-13-11-18-4-2-3-5-20(18)21(27)14-23(30)26-22-10-12-25-28(22)15-17-6-8-19(24)9-7-17/h2-13,21H,14-15H2,1H3,(H,26,30). The number of carbonyl (C=O) groups excluding carboxylic acids is 2. The van der Waals surface area contributed by atoms with Crippen molar-refractivity contribution in [3.8, 4) is 0 Å². The summed E-state index contributed by atoms with van der Waals surface area (Å²) in [5.41, 5.74) is 2.99. The maximum absolute atomic E-state index is 12.9. The summed E-state index contributed by atoms with van der Waals surface area (Å²) in [4.78, 5) is 26.6. The third-order valence-electron chi connectivity index (χ3n) is 5.08. The molecule has 0 radical (unpaired) electrons. The molecule has 1 unspecified atom stereocenters. The lowest BCUT2D eigenvalue weighted by molar-refractivity contribution is -0.129. The Morgan fingerprint density at radius 2 is 1.87 bits per heavy atom. The van der Waals surface area contributed by atoms with Crippen molar-refractivity contribution in [2.24, 2.45) is 0 Å². The minimum Gasteiger partial charge on any atom is -0.311 e. The first-order valence-electron chi connectivity index (χ1n) is 9.63. The van der Waals surface area contributed by atoms with E-state index in [-0.39, 0.29) is 24.3 Å². The molecular weight excluding hydrogens is 400 g/mol. The molecule has 0 aliphatic carbocycles. The molecule has 1 aliphatic heterocycles. The van der Waals surface area contributed by atoms with Crippen molar-refractivity contribution in [2.45, 2.75) is 25.9 Å². The number of halogens is 1. The first-order valence-corrected chi connectivity index (χ1v) is 10.0. The predicted octanol–water partition coefficient (Wildman–Crippen LogP) is 4.49. The summed E-state index contributed by atoms with van der Waals surface area (Å²) in [6.07, 6.45) is 5.43. The molecule has 152 valence electrons. The molecule has 0 fully saturated rings. The summed E-state index contributed by atoms with van der Waals surface area (Å²) in [5, 5.41) is 7.91. The van der Waals surface area contributed by atoms with E-state index in [9.17, 15) is 9.59 Å². The average Bonchev–Trinajstić information content (AvgIpc) is 3.16. The molecule has 7 heteroatoms. The Kier molecular flexibility index (Phi) is 5.68. The van der Waals surface area contributed by atoms with Crippen LogP contribution in [0.1, 0.15) is 36.1 Å². The Labute approximate surface area is 179 Å². The number of nitrogens with zero attached hydrogens (tertiary/aromatic N) is 3. The lowest BCUT2D eigenvalue weighted by Gasteiger charge is -2.32. The van der Waals surface area contributed by atoms with E-state index < -0.39 is 0 Å². The Bertz CT molecular complexity index is 1100. The van der Waals surface area contributed by atoms with Gasteiger partial charge in [-0.2, -0.15) is 5.10 Å². The van der Waals surface area contributed by atoms with Gasteiger partial charge in [0, 0.05) is 24.2 Å². The van der Waals surface area contributed by atoms with Crippen LogP contribution in [0.2, 0.25) is 5.02 Å². The third kappa shape index (κ3) is 4.28. The number of amides is 2. The van der Waals surface area contributed by atoms with Gasteiger partial charge in [0.15, 0.2) is 0 Å². The van der Waals surface area contributed by atoms with Gasteiger partial charge in [-0.05, 0) is 34.9 Å². The van der Waals surface area contributed by atoms with E-state index in [1.165, 1.54) is 6.92 Å². The summed E-state index contributed by atoms with van der Waals surface area (Å²) in [5.74, 6) is 0.310. The molecule has 1 atom stereocenters. The number of benzene rings is 2. The molecule has 0 saturated carbocycles. The van der Waals surface area contributed by atoms with E-state index in [0.29, 0.717) is 17.4 Å². The maximum Gasteiger partial charge on any atom is 0.227 e. The summed E-state index contributed by atoms with van der Waals surface area (Å²) in [6, 6.07) is 16.7. The third-order valence-corrected chi connectivity index (χ3v) is 5.33. The number of hydrogen-bond donors (Lipinski definition) is 1. The largest absolute Gasteiger partial charge is 0.311 e. The van der Waals surface area contributed by atoms with Crippen LogP contribution in [0.5, 0.6) is 0 Å². The Hall–Kier alpha value is -3.38. The molecule has 3 aromatic rings. The number of rotatable bonds is 5. The highest BCUT2D eigenvalue weighted by Crippen LogP contribution is 2.33. The van der Waals surface area contributed by atoms with Gasteiger partial charge in [0.2, 0.25) is 11.8 Å². The minimum absolute atomic E-state index is 0.105. The van der Waals surface area contributed by atoms with Crippen molar-refractivity contribution in [3.05, 3.63) is 88.7 Å². The summed E-state index contributed by atoms with van der Waals surface area (Å²) >= 11 is 5.94. The van der Waals surface area contributed by atoms with Crippen LogP contribution >= 0.6 is 11.6 Å². The van der Waals surface area contributed by atoms with E-state index in [2.05, 4.69) is 10.4 Å². The second kappa shape index (κ2) is 8.55. The molecule has 4 rings (SSSR count). The lowest BCUT2D eigenvalue weighted by Crippen LogP contribution is -2.33. The Morgan fingerprint density at radius 3 is 2.63 bits per heavy atom. The molecule has 2 aromatic carbocycles. The van der Waals surface area contributed by atoms with Crippen molar-refractivity contribution < 1.29 is 9.59 Å². The second-order valence-corrected chi connectivity index (χ2v) is 7.58. The van der Waals surface area contributed by atoms with Crippen LogP contribution in [0.15, 0.2) is 67.0 Å². The minimum atomic E-state index is -0.351. The van der Waals surface area contributed by atoms with Gasteiger partial charge in [-0.1, -0.05) is 48.0 Å². The fraction of sp³-hybridized carbons (Fsp3) is 0.174. The van der Waals surface area contributed by atoms with Gasteiger partial charge >= 0.3 is 0 Å². The van der Waals surface area contributed by atoms with Crippen LogP contribution in [0.3, 0.4) is 0 Å². The molecule has 0 saturated heterocycles. The molecule has 1 aliphatic rings. The molecule has 2 heterocycles. The molecule has 6 nitrogen and oxygen atoms in total. The van der Waals surface area contributed by atoms with E-state index in [1.54, 1.807) is 28.0 Å². The molecule has 0 spiro atoms. The fourth-order valence-electron chi connectivity index (χ4n) is 3.61.